The lowest BCUT2D eigenvalue weighted by atomic mass is 10.2. The summed E-state index contributed by atoms with van der Waals surface area (Å²) in [6.07, 6.45) is -0.300. The lowest BCUT2D eigenvalue weighted by molar-refractivity contribution is 0.191. The summed E-state index contributed by atoms with van der Waals surface area (Å²) in [5, 5.41) is 24.2. The van der Waals surface area contributed by atoms with Crippen molar-refractivity contribution in [3.8, 4) is 5.75 Å². The van der Waals surface area contributed by atoms with Gasteiger partial charge in [-0.1, -0.05) is 12.1 Å². The molecule has 0 saturated heterocycles. The van der Waals surface area contributed by atoms with Crippen LogP contribution in [0.15, 0.2) is 24.3 Å². The molecule has 0 amide bonds. The number of nitrogens with one attached hydrogen (secondary N) is 2. The molecule has 0 aliphatic carbocycles. The van der Waals surface area contributed by atoms with Gasteiger partial charge in [0.1, 0.15) is 12.4 Å². The first-order valence-electron chi connectivity index (χ1n) is 6.64. The van der Waals surface area contributed by atoms with Crippen LogP contribution in [0.2, 0.25) is 0 Å². The third-order valence-corrected chi connectivity index (χ3v) is 2.53. The molecule has 0 spiro atoms. The maximum absolute atomic E-state index is 9.06. The maximum atomic E-state index is 9.06. The molecule has 7 heteroatoms. The normalized spacial score (nSPS) is 11.2. The van der Waals surface area contributed by atoms with Crippen molar-refractivity contribution in [3.05, 3.63) is 29.8 Å². The van der Waals surface area contributed by atoms with E-state index in [0.717, 1.165) is 25.4 Å². The fourth-order valence-electron chi connectivity index (χ4n) is 1.59. The van der Waals surface area contributed by atoms with E-state index < -0.39 is 0 Å². The number of rotatable bonds is 10. The number of hydrogen-bond donors (Lipinski definition) is 4. The Balaban J connectivity index is 0. The predicted molar refractivity (Wildman–Crippen MR) is 89.8 cm³/mol. The largest absolute Gasteiger partial charge is 0.491 e. The van der Waals surface area contributed by atoms with Gasteiger partial charge in [-0.05, 0) is 24.6 Å². The van der Waals surface area contributed by atoms with Gasteiger partial charge in [0.25, 0.3) is 0 Å². The molecule has 1 unspecified atom stereocenters. The van der Waals surface area contributed by atoms with Crippen LogP contribution in [0.1, 0.15) is 12.5 Å². The van der Waals surface area contributed by atoms with Gasteiger partial charge in [0.05, 0.1) is 12.7 Å². The van der Waals surface area contributed by atoms with Crippen molar-refractivity contribution in [1.29, 1.82) is 0 Å². The number of ether oxygens (including phenoxy) is 1. The summed E-state index contributed by atoms with van der Waals surface area (Å²) >= 11 is 0. The van der Waals surface area contributed by atoms with Gasteiger partial charge in [0.2, 0.25) is 0 Å². The summed E-state index contributed by atoms with van der Waals surface area (Å²) in [6, 6.07) is 7.81. The van der Waals surface area contributed by atoms with E-state index in [1.807, 2.05) is 24.3 Å². The van der Waals surface area contributed by atoms with E-state index in [2.05, 4.69) is 10.6 Å². The summed E-state index contributed by atoms with van der Waals surface area (Å²) in [4.78, 5) is 0. The number of halogens is 2. The molecule has 21 heavy (non-hydrogen) atoms. The highest BCUT2D eigenvalue weighted by Crippen LogP contribution is 2.11. The topological polar surface area (TPSA) is 73.8 Å². The van der Waals surface area contributed by atoms with Crippen LogP contribution < -0.4 is 15.4 Å². The summed E-state index contributed by atoms with van der Waals surface area (Å²) in [7, 11) is 0. The van der Waals surface area contributed by atoms with Gasteiger partial charge in [-0.2, -0.15) is 0 Å². The minimum Gasteiger partial charge on any atom is -0.491 e. The SMILES string of the molecule is CC(O)CNCCNCc1ccc(OCCO)cc1.Cl.Cl. The van der Waals surface area contributed by atoms with Crippen molar-refractivity contribution in [3.63, 3.8) is 0 Å². The van der Waals surface area contributed by atoms with Crippen molar-refractivity contribution in [2.24, 2.45) is 0 Å². The standard InChI is InChI=1S/C14H24N2O3.2ClH/c1-12(18)10-15-6-7-16-11-13-2-4-14(5-3-13)19-9-8-17;;/h2-5,12,15-18H,6-11H2,1H3;2*1H. The molecule has 0 aliphatic heterocycles. The van der Waals surface area contributed by atoms with Crippen LogP contribution in [-0.2, 0) is 6.54 Å². The minimum absolute atomic E-state index is 0. The highest BCUT2D eigenvalue weighted by molar-refractivity contribution is 5.85. The fraction of sp³-hybridized carbons (Fsp3) is 0.571. The minimum atomic E-state index is -0.300. The highest BCUT2D eigenvalue weighted by Gasteiger charge is 1.96. The van der Waals surface area contributed by atoms with E-state index in [1.165, 1.54) is 5.56 Å². The number of aliphatic hydroxyl groups excluding tert-OH is 2. The zero-order valence-electron chi connectivity index (χ0n) is 12.2. The van der Waals surface area contributed by atoms with Crippen LogP contribution >= 0.6 is 24.8 Å². The molecular weight excluding hydrogens is 315 g/mol. The molecule has 0 bridgehead atoms. The second-order valence-electron chi connectivity index (χ2n) is 4.45. The van der Waals surface area contributed by atoms with Gasteiger partial charge < -0.3 is 25.6 Å². The Morgan fingerprint density at radius 2 is 1.71 bits per heavy atom. The molecule has 0 saturated carbocycles. The van der Waals surface area contributed by atoms with Crippen molar-refractivity contribution < 1.29 is 14.9 Å². The Hall–Kier alpha value is -0.560. The molecule has 1 atom stereocenters. The molecular formula is C14H26Cl2N2O3. The van der Waals surface area contributed by atoms with Crippen molar-refractivity contribution in [2.75, 3.05) is 32.8 Å². The second-order valence-corrected chi connectivity index (χ2v) is 4.45. The Kier molecular flexibility index (Phi) is 15.6. The fourth-order valence-corrected chi connectivity index (χ4v) is 1.59. The van der Waals surface area contributed by atoms with E-state index in [1.54, 1.807) is 6.92 Å². The van der Waals surface area contributed by atoms with Gasteiger partial charge in [-0.15, -0.1) is 24.8 Å². The summed E-state index contributed by atoms with van der Waals surface area (Å²) in [6.45, 7) is 5.24. The zero-order valence-corrected chi connectivity index (χ0v) is 13.9. The molecule has 0 heterocycles. The Morgan fingerprint density at radius 3 is 2.29 bits per heavy atom. The first kappa shape index (κ1) is 22.7. The van der Waals surface area contributed by atoms with Crippen LogP contribution in [0.5, 0.6) is 5.75 Å². The Bertz CT molecular complexity index is 337. The molecule has 124 valence electrons. The van der Waals surface area contributed by atoms with Crippen LogP contribution in [-0.4, -0.2) is 49.2 Å². The quantitative estimate of drug-likeness (QED) is 0.477. The number of hydrogen-bond acceptors (Lipinski definition) is 5. The molecule has 4 N–H and O–H groups in total. The molecule has 1 aromatic carbocycles. The molecule has 0 radical (unpaired) electrons. The molecule has 0 aliphatic rings. The zero-order chi connectivity index (χ0) is 13.9. The second kappa shape index (κ2) is 14.4. The molecule has 1 rings (SSSR count). The van der Waals surface area contributed by atoms with Gasteiger partial charge in [0.15, 0.2) is 0 Å². The average molecular weight is 341 g/mol. The molecule has 5 nitrogen and oxygen atoms in total. The first-order valence-corrected chi connectivity index (χ1v) is 6.64. The van der Waals surface area contributed by atoms with Crippen molar-refractivity contribution in [1.82, 2.24) is 10.6 Å². The van der Waals surface area contributed by atoms with E-state index in [-0.39, 0.29) is 37.5 Å². The molecule has 1 aromatic rings. The summed E-state index contributed by atoms with van der Waals surface area (Å²) in [5.74, 6) is 0.774. The molecule has 0 aromatic heterocycles. The van der Waals surface area contributed by atoms with Crippen LogP contribution in [0, 0.1) is 0 Å². The average Bonchev–Trinajstić information content (AvgIpc) is 2.41. The summed E-state index contributed by atoms with van der Waals surface area (Å²) in [5.41, 5.74) is 1.19. The van der Waals surface area contributed by atoms with E-state index >= 15 is 0 Å². The number of benzene rings is 1. The van der Waals surface area contributed by atoms with Crippen LogP contribution in [0.3, 0.4) is 0 Å². The monoisotopic (exact) mass is 340 g/mol. The van der Waals surface area contributed by atoms with E-state index in [4.69, 9.17) is 14.9 Å². The lowest BCUT2D eigenvalue weighted by Gasteiger charge is -2.09. The smallest absolute Gasteiger partial charge is 0.119 e. The lowest BCUT2D eigenvalue weighted by Crippen LogP contribution is -2.31. The predicted octanol–water partition coefficient (Wildman–Crippen LogP) is 0.961. The van der Waals surface area contributed by atoms with Crippen molar-refractivity contribution in [2.45, 2.75) is 19.6 Å². The van der Waals surface area contributed by atoms with Crippen LogP contribution in [0.25, 0.3) is 0 Å². The van der Waals surface area contributed by atoms with E-state index in [9.17, 15) is 0 Å². The van der Waals surface area contributed by atoms with Gasteiger partial charge in [-0.25, -0.2) is 0 Å². The van der Waals surface area contributed by atoms with Gasteiger partial charge in [0, 0.05) is 26.2 Å². The third-order valence-electron chi connectivity index (χ3n) is 2.53. The number of aliphatic hydroxyl groups is 2. The highest BCUT2D eigenvalue weighted by atomic mass is 35.5. The third kappa shape index (κ3) is 11.7. The van der Waals surface area contributed by atoms with Gasteiger partial charge in [-0.3, -0.25) is 0 Å². The maximum Gasteiger partial charge on any atom is 0.119 e. The van der Waals surface area contributed by atoms with Crippen molar-refractivity contribution >= 4 is 24.8 Å². The van der Waals surface area contributed by atoms with Gasteiger partial charge >= 0.3 is 0 Å². The Labute approximate surface area is 138 Å². The molecule has 0 fully saturated rings. The summed E-state index contributed by atoms with van der Waals surface area (Å²) < 4.78 is 5.29. The first-order chi connectivity index (χ1) is 9.22. The van der Waals surface area contributed by atoms with Crippen LogP contribution in [0.4, 0.5) is 0 Å². The van der Waals surface area contributed by atoms with E-state index in [0.29, 0.717) is 13.2 Å². The Morgan fingerprint density at radius 1 is 1.10 bits per heavy atom.